The van der Waals surface area contributed by atoms with Crippen molar-refractivity contribution < 1.29 is 9.13 Å². The average Bonchev–Trinajstić information content (AvgIpc) is 2.43. The second-order valence-corrected chi connectivity index (χ2v) is 4.71. The van der Waals surface area contributed by atoms with Crippen molar-refractivity contribution >= 4 is 21.9 Å². The molecular formula is C13H13BrFN3O. The van der Waals surface area contributed by atoms with E-state index in [0.717, 1.165) is 12.0 Å². The molecule has 0 amide bonds. The van der Waals surface area contributed by atoms with E-state index >= 15 is 0 Å². The lowest BCUT2D eigenvalue weighted by Gasteiger charge is -2.07. The summed E-state index contributed by atoms with van der Waals surface area (Å²) in [5, 5.41) is 3.09. The van der Waals surface area contributed by atoms with Crippen LogP contribution in [-0.4, -0.2) is 23.6 Å². The molecule has 0 spiro atoms. The molecule has 19 heavy (non-hydrogen) atoms. The third-order valence-corrected chi connectivity index (χ3v) is 3.06. The van der Waals surface area contributed by atoms with Crippen LogP contribution < -0.4 is 10.1 Å². The highest BCUT2D eigenvalue weighted by Crippen LogP contribution is 2.21. The maximum absolute atomic E-state index is 12.7. The zero-order chi connectivity index (χ0) is 13.7. The summed E-state index contributed by atoms with van der Waals surface area (Å²) < 4.78 is 18.5. The molecule has 6 heteroatoms. The molecular weight excluding hydrogens is 313 g/mol. The number of rotatable bonds is 5. The number of hydrogen-bond donors (Lipinski definition) is 1. The Balaban J connectivity index is 1.90. The van der Waals surface area contributed by atoms with E-state index in [1.54, 1.807) is 25.4 Å². The van der Waals surface area contributed by atoms with E-state index in [2.05, 4.69) is 31.2 Å². The van der Waals surface area contributed by atoms with E-state index in [4.69, 9.17) is 4.74 Å². The lowest BCUT2D eigenvalue weighted by atomic mass is 10.1. The molecule has 0 atom stereocenters. The molecule has 1 aromatic heterocycles. The Morgan fingerprint density at radius 1 is 1.32 bits per heavy atom. The molecule has 0 aliphatic heterocycles. The molecule has 2 aromatic rings. The van der Waals surface area contributed by atoms with Gasteiger partial charge in [-0.15, -0.1) is 0 Å². The van der Waals surface area contributed by atoms with E-state index in [1.807, 2.05) is 0 Å². The highest BCUT2D eigenvalue weighted by molar-refractivity contribution is 9.10. The lowest BCUT2D eigenvalue weighted by molar-refractivity contribution is 0.394. The van der Waals surface area contributed by atoms with Gasteiger partial charge in [0.2, 0.25) is 11.8 Å². The van der Waals surface area contributed by atoms with Crippen LogP contribution in [0.1, 0.15) is 5.56 Å². The summed E-state index contributed by atoms with van der Waals surface area (Å²) in [6.07, 6.45) is 2.40. The smallest absolute Gasteiger partial charge is 0.232 e. The van der Waals surface area contributed by atoms with Gasteiger partial charge in [-0.3, -0.25) is 0 Å². The number of benzene rings is 1. The molecule has 0 radical (unpaired) electrons. The predicted octanol–water partition coefficient (Wildman–Crippen LogP) is 3.04. The fraction of sp³-hybridized carbons (Fsp3) is 0.231. The predicted molar refractivity (Wildman–Crippen MR) is 74.9 cm³/mol. The van der Waals surface area contributed by atoms with Crippen molar-refractivity contribution in [2.45, 2.75) is 6.42 Å². The molecule has 0 bridgehead atoms. The monoisotopic (exact) mass is 325 g/mol. The van der Waals surface area contributed by atoms with Crippen LogP contribution in [0.5, 0.6) is 5.88 Å². The van der Waals surface area contributed by atoms with Crippen LogP contribution in [0, 0.1) is 5.82 Å². The fourth-order valence-corrected chi connectivity index (χ4v) is 1.90. The molecule has 0 aliphatic carbocycles. The number of hydrogen-bond acceptors (Lipinski definition) is 4. The van der Waals surface area contributed by atoms with Crippen LogP contribution >= 0.6 is 15.9 Å². The van der Waals surface area contributed by atoms with Crippen molar-refractivity contribution in [3.63, 3.8) is 0 Å². The largest absolute Gasteiger partial charge is 0.480 e. The molecule has 1 N–H and O–H groups in total. The number of halogens is 2. The molecule has 1 aromatic carbocycles. The van der Waals surface area contributed by atoms with E-state index in [9.17, 15) is 4.39 Å². The van der Waals surface area contributed by atoms with Gasteiger partial charge in [-0.25, -0.2) is 9.37 Å². The molecule has 1 heterocycles. The van der Waals surface area contributed by atoms with Crippen LogP contribution in [0.2, 0.25) is 0 Å². The number of nitrogens with one attached hydrogen (secondary N) is 1. The van der Waals surface area contributed by atoms with Crippen molar-refractivity contribution in [2.24, 2.45) is 0 Å². The first-order valence-electron chi connectivity index (χ1n) is 5.74. The fourth-order valence-electron chi connectivity index (χ4n) is 1.55. The van der Waals surface area contributed by atoms with Crippen LogP contribution in [0.25, 0.3) is 0 Å². The molecule has 4 nitrogen and oxygen atoms in total. The number of anilines is 1. The second-order valence-electron chi connectivity index (χ2n) is 3.85. The Morgan fingerprint density at radius 2 is 2.05 bits per heavy atom. The Morgan fingerprint density at radius 3 is 2.74 bits per heavy atom. The van der Waals surface area contributed by atoms with Crippen molar-refractivity contribution in [3.8, 4) is 5.88 Å². The van der Waals surface area contributed by atoms with Gasteiger partial charge in [0.05, 0.1) is 17.8 Å². The van der Waals surface area contributed by atoms with Crippen molar-refractivity contribution in [1.82, 2.24) is 9.97 Å². The van der Waals surface area contributed by atoms with Crippen LogP contribution in [-0.2, 0) is 6.42 Å². The summed E-state index contributed by atoms with van der Waals surface area (Å²) in [6.45, 7) is 0.663. The van der Waals surface area contributed by atoms with Crippen LogP contribution in [0.4, 0.5) is 10.3 Å². The highest BCUT2D eigenvalue weighted by Gasteiger charge is 2.04. The van der Waals surface area contributed by atoms with E-state index in [0.29, 0.717) is 22.8 Å². The van der Waals surface area contributed by atoms with Gasteiger partial charge in [-0.05, 0) is 40.0 Å². The SMILES string of the molecule is COc1nc(NCCc2ccc(F)cc2)ncc1Br. The Bertz CT molecular complexity index is 548. The van der Waals surface area contributed by atoms with Crippen LogP contribution in [0.3, 0.4) is 0 Å². The molecule has 0 aliphatic rings. The Hall–Kier alpha value is -1.69. The summed E-state index contributed by atoms with van der Waals surface area (Å²) >= 11 is 3.29. The topological polar surface area (TPSA) is 47.0 Å². The van der Waals surface area contributed by atoms with Crippen molar-refractivity contribution in [3.05, 3.63) is 46.3 Å². The summed E-state index contributed by atoms with van der Waals surface area (Å²) in [7, 11) is 1.55. The van der Waals surface area contributed by atoms with E-state index in [1.165, 1.54) is 12.1 Å². The third kappa shape index (κ3) is 3.89. The molecule has 100 valence electrons. The van der Waals surface area contributed by atoms with Crippen molar-refractivity contribution in [1.29, 1.82) is 0 Å². The quantitative estimate of drug-likeness (QED) is 0.917. The molecule has 0 unspecified atom stereocenters. The second kappa shape index (κ2) is 6.47. The average molecular weight is 326 g/mol. The minimum atomic E-state index is -0.224. The van der Waals surface area contributed by atoms with Gasteiger partial charge >= 0.3 is 0 Å². The van der Waals surface area contributed by atoms with E-state index in [-0.39, 0.29) is 5.82 Å². The van der Waals surface area contributed by atoms with E-state index < -0.39 is 0 Å². The maximum Gasteiger partial charge on any atom is 0.232 e. The maximum atomic E-state index is 12.7. The number of ether oxygens (including phenoxy) is 1. The number of aromatic nitrogens is 2. The molecule has 0 saturated heterocycles. The summed E-state index contributed by atoms with van der Waals surface area (Å²) in [5.41, 5.74) is 1.05. The van der Waals surface area contributed by atoms with Crippen LogP contribution in [0.15, 0.2) is 34.9 Å². The number of nitrogens with zero attached hydrogens (tertiary/aromatic N) is 2. The first-order chi connectivity index (χ1) is 9.19. The number of methoxy groups -OCH3 is 1. The van der Waals surface area contributed by atoms with Gasteiger partial charge in [-0.2, -0.15) is 4.98 Å². The van der Waals surface area contributed by atoms with Gasteiger partial charge in [0.15, 0.2) is 0 Å². The normalized spacial score (nSPS) is 10.3. The first kappa shape index (κ1) is 13.7. The summed E-state index contributed by atoms with van der Waals surface area (Å²) in [5.74, 6) is 0.763. The Kier molecular flexibility index (Phi) is 4.68. The molecule has 2 rings (SSSR count). The lowest BCUT2D eigenvalue weighted by Crippen LogP contribution is -2.08. The van der Waals surface area contributed by atoms with Gasteiger partial charge in [0, 0.05) is 6.54 Å². The zero-order valence-electron chi connectivity index (χ0n) is 10.4. The van der Waals surface area contributed by atoms with Gasteiger partial charge in [0.25, 0.3) is 0 Å². The van der Waals surface area contributed by atoms with Crippen molar-refractivity contribution in [2.75, 3.05) is 19.0 Å². The molecule has 0 fully saturated rings. The van der Waals surface area contributed by atoms with Gasteiger partial charge in [-0.1, -0.05) is 12.1 Å². The minimum absolute atomic E-state index is 0.224. The highest BCUT2D eigenvalue weighted by atomic mass is 79.9. The zero-order valence-corrected chi connectivity index (χ0v) is 11.9. The summed E-state index contributed by atoms with van der Waals surface area (Å²) in [6, 6.07) is 6.43. The standard InChI is InChI=1S/C13H13BrFN3O/c1-19-12-11(14)8-17-13(18-12)16-7-6-9-2-4-10(15)5-3-9/h2-5,8H,6-7H2,1H3,(H,16,17,18). The first-order valence-corrected chi connectivity index (χ1v) is 6.53. The minimum Gasteiger partial charge on any atom is -0.480 e. The van der Waals surface area contributed by atoms with Gasteiger partial charge < -0.3 is 10.1 Å². The summed E-state index contributed by atoms with van der Waals surface area (Å²) in [4.78, 5) is 8.31. The Labute approximate surface area is 119 Å². The third-order valence-electron chi connectivity index (χ3n) is 2.52. The van der Waals surface area contributed by atoms with Gasteiger partial charge in [0.1, 0.15) is 5.82 Å². The molecule has 0 saturated carbocycles.